The number of rotatable bonds is 6. The van der Waals surface area contributed by atoms with E-state index < -0.39 is 26.8 Å². The van der Waals surface area contributed by atoms with Gasteiger partial charge in [-0.05, 0) is 105 Å². The molecule has 0 radical (unpaired) electrons. The monoisotopic (exact) mass is 796 g/mol. The predicted octanol–water partition coefficient (Wildman–Crippen LogP) is 5.45. The van der Waals surface area contributed by atoms with Crippen LogP contribution < -0.4 is 14.4 Å². The van der Waals surface area contributed by atoms with E-state index in [0.717, 1.165) is 62.4 Å². The van der Waals surface area contributed by atoms with Crippen molar-refractivity contribution in [3.05, 3.63) is 70.3 Å². The maximum atomic E-state index is 13.8. The van der Waals surface area contributed by atoms with Crippen LogP contribution in [0.15, 0.2) is 48.6 Å². The van der Waals surface area contributed by atoms with Crippen molar-refractivity contribution in [1.82, 2.24) is 14.5 Å². The highest BCUT2D eigenvalue weighted by atomic mass is 35.5. The Morgan fingerprint density at radius 3 is 2.65 bits per heavy atom. The molecule has 3 heterocycles. The number of hydrogen-bond donors (Lipinski definition) is 1. The number of anilines is 1. The summed E-state index contributed by atoms with van der Waals surface area (Å²) in [6, 6.07) is 11.4. The summed E-state index contributed by atoms with van der Waals surface area (Å²) in [5.41, 5.74) is 2.26. The number of nitrogens with one attached hydrogen (secondary N) is 1. The molecule has 13 heteroatoms. The largest absolute Gasteiger partial charge is 0.490 e. The number of benzene rings is 2. The number of ether oxygens (including phenoxy) is 3. The van der Waals surface area contributed by atoms with E-state index in [4.69, 9.17) is 25.8 Å². The van der Waals surface area contributed by atoms with Crippen LogP contribution in [0.5, 0.6) is 5.75 Å². The van der Waals surface area contributed by atoms with Gasteiger partial charge in [0.15, 0.2) is 0 Å². The molecule has 1 spiro atoms. The summed E-state index contributed by atoms with van der Waals surface area (Å²) >= 11 is 6.50. The second-order valence-corrected chi connectivity index (χ2v) is 19.2. The summed E-state index contributed by atoms with van der Waals surface area (Å²) < 4.78 is 49.0. The minimum absolute atomic E-state index is 0.0163. The standard InChI is InChI=1S/C42H57ClN4O7S/c1-29-7-5-16-42(25-39(48)45(3)4,54-22-19-46-17-20-52-21-18-46)36-12-9-33(36)26-47-27-41(15-6-8-31-23-34(43)11-13-35(31)41)28-53-38-14-10-32(24-37(38)47)40(49)44-55(50,51)30(29)2/h5,10-11,13-14,16,23-24,29-30,33,36H,6-9,12,15,17-22,25-28H2,1-4H3,(H,44,49)/b16-5+/t29-,30+,33-,36+,41-,42+/m0/s1. The number of carbonyl (C=O) groups is 2. The molecule has 2 aliphatic carbocycles. The molecule has 11 nitrogen and oxygen atoms in total. The van der Waals surface area contributed by atoms with Crippen LogP contribution in [0.3, 0.4) is 0 Å². The number of nitrogens with zero attached hydrogens (tertiary/aromatic N) is 3. The Balaban J connectivity index is 1.31. The molecule has 3 aliphatic heterocycles. The minimum atomic E-state index is -4.03. The number of hydrogen-bond acceptors (Lipinski definition) is 9. The van der Waals surface area contributed by atoms with Crippen LogP contribution in [0.2, 0.25) is 5.02 Å². The fourth-order valence-corrected chi connectivity index (χ4v) is 10.8. The van der Waals surface area contributed by atoms with Gasteiger partial charge in [0.2, 0.25) is 15.9 Å². The SMILES string of the molecule is C[C@@H]1[C@@H](C)C/C=C/[C@](CC(=O)N(C)C)(OCCN2CCOCC2)[C@@H]2CC[C@H]2CN2C[C@@]3(CCCc4cc(Cl)ccc43)COc3ccc(cc32)C(=O)NS1(=O)=O. The molecule has 300 valence electrons. The van der Waals surface area contributed by atoms with Crippen LogP contribution in [-0.4, -0.2) is 114 Å². The van der Waals surface area contributed by atoms with Crippen molar-refractivity contribution in [2.24, 2.45) is 17.8 Å². The average molecular weight is 797 g/mol. The second kappa shape index (κ2) is 16.4. The van der Waals surface area contributed by atoms with E-state index in [1.54, 1.807) is 44.1 Å². The van der Waals surface area contributed by atoms with Crippen molar-refractivity contribution in [2.75, 3.05) is 78.1 Å². The molecule has 5 aliphatic rings. The summed E-state index contributed by atoms with van der Waals surface area (Å²) in [6.45, 7) is 9.52. The molecule has 1 saturated heterocycles. The Morgan fingerprint density at radius 2 is 1.91 bits per heavy atom. The number of amides is 2. The fourth-order valence-electron chi connectivity index (χ4n) is 9.33. The van der Waals surface area contributed by atoms with Crippen molar-refractivity contribution in [2.45, 2.75) is 75.1 Å². The highest BCUT2D eigenvalue weighted by Crippen LogP contribution is 2.50. The first-order chi connectivity index (χ1) is 26.3. The number of fused-ring (bicyclic) bond motifs is 4. The lowest BCUT2D eigenvalue weighted by atomic mass is 9.62. The Morgan fingerprint density at radius 1 is 1.11 bits per heavy atom. The molecule has 2 aromatic carbocycles. The summed E-state index contributed by atoms with van der Waals surface area (Å²) in [7, 11) is -0.463. The van der Waals surface area contributed by atoms with Gasteiger partial charge in [-0.25, -0.2) is 13.1 Å². The predicted molar refractivity (Wildman–Crippen MR) is 214 cm³/mol. The minimum Gasteiger partial charge on any atom is -0.490 e. The lowest BCUT2D eigenvalue weighted by molar-refractivity contribution is -0.145. The van der Waals surface area contributed by atoms with Gasteiger partial charge in [0, 0.05) is 62.8 Å². The third kappa shape index (κ3) is 8.44. The summed E-state index contributed by atoms with van der Waals surface area (Å²) in [5, 5.41) is -0.138. The van der Waals surface area contributed by atoms with Gasteiger partial charge >= 0.3 is 0 Å². The molecule has 2 aromatic rings. The summed E-state index contributed by atoms with van der Waals surface area (Å²) in [5.74, 6) is -0.139. The lowest BCUT2D eigenvalue weighted by Gasteiger charge is -2.51. The van der Waals surface area contributed by atoms with E-state index in [1.807, 2.05) is 19.1 Å². The van der Waals surface area contributed by atoms with Crippen LogP contribution >= 0.6 is 11.6 Å². The first-order valence-electron chi connectivity index (χ1n) is 20.0. The maximum Gasteiger partial charge on any atom is 0.264 e. The third-order valence-electron chi connectivity index (χ3n) is 13.0. The van der Waals surface area contributed by atoms with E-state index in [-0.39, 0.29) is 41.1 Å². The molecular formula is C42H57ClN4O7S. The number of sulfonamides is 1. The van der Waals surface area contributed by atoms with Gasteiger partial charge in [0.1, 0.15) is 5.75 Å². The van der Waals surface area contributed by atoms with E-state index in [2.05, 4.69) is 32.7 Å². The van der Waals surface area contributed by atoms with Gasteiger partial charge in [-0.15, -0.1) is 0 Å². The van der Waals surface area contributed by atoms with Crippen LogP contribution in [-0.2, 0) is 36.1 Å². The van der Waals surface area contributed by atoms with Crippen molar-refractivity contribution in [3.63, 3.8) is 0 Å². The first kappa shape index (κ1) is 40.1. The lowest BCUT2D eigenvalue weighted by Crippen LogP contribution is -2.55. The summed E-state index contributed by atoms with van der Waals surface area (Å²) in [4.78, 5) is 33.8. The highest BCUT2D eigenvalue weighted by molar-refractivity contribution is 7.90. The smallest absolute Gasteiger partial charge is 0.264 e. The van der Waals surface area contributed by atoms with Gasteiger partial charge in [0.05, 0.1) is 49.4 Å². The Bertz CT molecular complexity index is 1880. The number of carbonyl (C=O) groups excluding carboxylic acids is 2. The maximum absolute atomic E-state index is 13.8. The van der Waals surface area contributed by atoms with Gasteiger partial charge in [-0.2, -0.15) is 0 Å². The molecule has 2 bridgehead atoms. The normalized spacial score (nSPS) is 31.5. The molecule has 0 aromatic heterocycles. The number of halogens is 1. The van der Waals surface area contributed by atoms with E-state index in [1.165, 1.54) is 11.1 Å². The Kier molecular flexibility index (Phi) is 11.9. The molecule has 2 fully saturated rings. The van der Waals surface area contributed by atoms with Crippen molar-refractivity contribution in [3.8, 4) is 5.75 Å². The van der Waals surface area contributed by atoms with Gasteiger partial charge in [-0.3, -0.25) is 14.5 Å². The molecule has 55 heavy (non-hydrogen) atoms. The van der Waals surface area contributed by atoms with E-state index in [0.29, 0.717) is 51.7 Å². The fraction of sp³-hybridized carbons (Fsp3) is 0.619. The van der Waals surface area contributed by atoms with E-state index >= 15 is 0 Å². The van der Waals surface area contributed by atoms with Gasteiger partial charge < -0.3 is 24.0 Å². The number of morpholine rings is 1. The molecule has 1 N–H and O–H groups in total. The molecule has 7 rings (SSSR count). The molecule has 1 saturated carbocycles. The van der Waals surface area contributed by atoms with Crippen LogP contribution in [0.4, 0.5) is 5.69 Å². The first-order valence-corrected chi connectivity index (χ1v) is 21.9. The average Bonchev–Trinajstić information content (AvgIpc) is 3.29. The highest BCUT2D eigenvalue weighted by Gasteiger charge is 2.50. The second-order valence-electron chi connectivity index (χ2n) is 16.8. The van der Waals surface area contributed by atoms with Gasteiger partial charge in [0.25, 0.3) is 5.91 Å². The number of allylic oxidation sites excluding steroid dienone is 1. The van der Waals surface area contributed by atoms with Crippen LogP contribution in [0.25, 0.3) is 0 Å². The van der Waals surface area contributed by atoms with Crippen LogP contribution in [0, 0.1) is 17.8 Å². The number of aryl methyl sites for hydroxylation is 1. The third-order valence-corrected chi connectivity index (χ3v) is 15.2. The quantitative estimate of drug-likeness (QED) is 0.381. The molecule has 6 atom stereocenters. The molecule has 0 unspecified atom stereocenters. The molecular weight excluding hydrogens is 740 g/mol. The van der Waals surface area contributed by atoms with Gasteiger partial charge in [-0.1, -0.05) is 36.7 Å². The Hall–Kier alpha value is -3.16. The topological polar surface area (TPSA) is 118 Å². The molecule has 2 amide bonds. The zero-order valence-corrected chi connectivity index (χ0v) is 34.3. The summed E-state index contributed by atoms with van der Waals surface area (Å²) in [6.07, 6.45) is 9.42. The Labute approximate surface area is 331 Å². The zero-order chi connectivity index (χ0) is 39.0. The van der Waals surface area contributed by atoms with E-state index in [9.17, 15) is 18.0 Å². The van der Waals surface area contributed by atoms with Crippen molar-refractivity contribution in [1.29, 1.82) is 0 Å². The van der Waals surface area contributed by atoms with Crippen molar-refractivity contribution >= 4 is 39.1 Å². The van der Waals surface area contributed by atoms with Crippen molar-refractivity contribution < 1.29 is 32.2 Å². The van der Waals surface area contributed by atoms with Crippen LogP contribution in [0.1, 0.15) is 73.9 Å². The zero-order valence-electron chi connectivity index (χ0n) is 32.7.